The van der Waals surface area contributed by atoms with Crippen LogP contribution >= 0.6 is 0 Å². The summed E-state index contributed by atoms with van der Waals surface area (Å²) < 4.78 is 29.4. The SMILES string of the molecule is Cc1cnc(-c2cc(F)ccc2F)cc1Nc1ccnc2cn(CC(C)O)nc12. The number of hydrogen-bond donors (Lipinski definition) is 2. The largest absolute Gasteiger partial charge is 0.391 e. The summed E-state index contributed by atoms with van der Waals surface area (Å²) in [4.78, 5) is 8.56. The quantitative estimate of drug-likeness (QED) is 0.530. The highest BCUT2D eigenvalue weighted by Crippen LogP contribution is 2.30. The van der Waals surface area contributed by atoms with Crippen molar-refractivity contribution >= 4 is 22.4 Å². The van der Waals surface area contributed by atoms with E-state index in [1.165, 1.54) is 0 Å². The third-order valence-corrected chi connectivity index (χ3v) is 4.48. The van der Waals surface area contributed by atoms with Crippen LogP contribution in [0.15, 0.2) is 48.9 Å². The molecule has 148 valence electrons. The minimum absolute atomic E-state index is 0.0918. The molecule has 29 heavy (non-hydrogen) atoms. The molecule has 3 heterocycles. The molecule has 1 atom stereocenters. The summed E-state index contributed by atoms with van der Waals surface area (Å²) in [5.41, 5.74) is 3.96. The van der Waals surface area contributed by atoms with Gasteiger partial charge in [0.05, 0.1) is 30.2 Å². The van der Waals surface area contributed by atoms with E-state index in [4.69, 9.17) is 0 Å². The molecule has 4 aromatic rings. The van der Waals surface area contributed by atoms with Crippen LogP contribution in [0.5, 0.6) is 0 Å². The summed E-state index contributed by atoms with van der Waals surface area (Å²) in [6, 6.07) is 6.74. The lowest BCUT2D eigenvalue weighted by Gasteiger charge is -2.12. The van der Waals surface area contributed by atoms with E-state index in [2.05, 4.69) is 20.4 Å². The summed E-state index contributed by atoms with van der Waals surface area (Å²) in [5.74, 6) is -1.07. The van der Waals surface area contributed by atoms with Crippen LogP contribution in [0.1, 0.15) is 12.5 Å². The minimum Gasteiger partial charge on any atom is -0.391 e. The normalized spacial score (nSPS) is 12.3. The number of aromatic nitrogens is 4. The number of nitrogens with one attached hydrogen (secondary N) is 1. The molecule has 0 bridgehead atoms. The molecule has 0 spiro atoms. The lowest BCUT2D eigenvalue weighted by Crippen LogP contribution is -2.11. The monoisotopic (exact) mass is 395 g/mol. The summed E-state index contributed by atoms with van der Waals surface area (Å²) in [7, 11) is 0. The first-order valence-electron chi connectivity index (χ1n) is 9.10. The third kappa shape index (κ3) is 3.93. The van der Waals surface area contributed by atoms with Crippen molar-refractivity contribution in [3.05, 3.63) is 66.1 Å². The van der Waals surface area contributed by atoms with Gasteiger partial charge < -0.3 is 10.4 Å². The lowest BCUT2D eigenvalue weighted by molar-refractivity contribution is 0.169. The van der Waals surface area contributed by atoms with Crippen LogP contribution in [0.4, 0.5) is 20.2 Å². The number of anilines is 2. The number of fused-ring (bicyclic) bond motifs is 1. The Labute approximate surface area is 165 Å². The van der Waals surface area contributed by atoms with Gasteiger partial charge in [-0.2, -0.15) is 5.10 Å². The summed E-state index contributed by atoms with van der Waals surface area (Å²) in [6.45, 7) is 3.91. The maximum atomic E-state index is 14.2. The maximum Gasteiger partial charge on any atom is 0.134 e. The average Bonchev–Trinajstić information content (AvgIpc) is 3.08. The van der Waals surface area contributed by atoms with Crippen molar-refractivity contribution < 1.29 is 13.9 Å². The topological polar surface area (TPSA) is 75.9 Å². The molecule has 0 aliphatic heterocycles. The van der Waals surface area contributed by atoms with Crippen LogP contribution in [0, 0.1) is 18.6 Å². The molecule has 8 heteroatoms. The standard InChI is InChI=1S/C21H19F2N5O/c1-12-9-25-19(15-7-14(22)3-4-16(15)23)8-18(12)26-17-5-6-24-20-11-28(10-13(2)29)27-21(17)20/h3-9,11,13,29H,10H2,1-2H3,(H,25,26). The molecule has 6 nitrogen and oxygen atoms in total. The lowest BCUT2D eigenvalue weighted by atomic mass is 10.1. The Hall–Kier alpha value is -3.39. The van der Waals surface area contributed by atoms with Crippen LogP contribution in [0.3, 0.4) is 0 Å². The molecule has 4 rings (SSSR count). The number of halogens is 2. The Morgan fingerprint density at radius 2 is 1.97 bits per heavy atom. The van der Waals surface area contributed by atoms with Crippen LogP contribution in [-0.2, 0) is 6.54 Å². The zero-order valence-corrected chi connectivity index (χ0v) is 15.9. The van der Waals surface area contributed by atoms with E-state index in [0.717, 1.165) is 23.8 Å². The van der Waals surface area contributed by atoms with E-state index in [0.29, 0.717) is 34.6 Å². The van der Waals surface area contributed by atoms with Gasteiger partial charge in [0, 0.05) is 23.6 Å². The number of aliphatic hydroxyl groups is 1. The van der Waals surface area contributed by atoms with Crippen LogP contribution in [-0.4, -0.2) is 31.0 Å². The van der Waals surface area contributed by atoms with Gasteiger partial charge >= 0.3 is 0 Å². The van der Waals surface area contributed by atoms with Crippen molar-refractivity contribution in [2.75, 3.05) is 5.32 Å². The second-order valence-corrected chi connectivity index (χ2v) is 6.93. The molecule has 0 radical (unpaired) electrons. The summed E-state index contributed by atoms with van der Waals surface area (Å²) in [5, 5.41) is 17.4. The van der Waals surface area contributed by atoms with E-state index < -0.39 is 17.7 Å². The summed E-state index contributed by atoms with van der Waals surface area (Å²) in [6.07, 6.45) is 4.49. The Morgan fingerprint density at radius 1 is 1.14 bits per heavy atom. The fraction of sp³-hybridized carbons (Fsp3) is 0.190. The zero-order valence-electron chi connectivity index (χ0n) is 15.9. The van der Waals surface area contributed by atoms with Gasteiger partial charge in [-0.1, -0.05) is 0 Å². The van der Waals surface area contributed by atoms with Gasteiger partial charge in [-0.05, 0) is 49.7 Å². The Balaban J connectivity index is 1.73. The summed E-state index contributed by atoms with van der Waals surface area (Å²) >= 11 is 0. The zero-order chi connectivity index (χ0) is 20.5. The second-order valence-electron chi connectivity index (χ2n) is 6.93. The third-order valence-electron chi connectivity index (χ3n) is 4.48. The molecule has 0 amide bonds. The van der Waals surface area contributed by atoms with Gasteiger partial charge in [-0.3, -0.25) is 14.6 Å². The molecular formula is C21H19F2N5O. The molecule has 1 aromatic carbocycles. The van der Waals surface area contributed by atoms with E-state index >= 15 is 0 Å². The van der Waals surface area contributed by atoms with Gasteiger partial charge in [-0.25, -0.2) is 8.78 Å². The molecule has 0 aliphatic carbocycles. The van der Waals surface area contributed by atoms with Crippen molar-refractivity contribution in [2.45, 2.75) is 26.5 Å². The highest BCUT2D eigenvalue weighted by Gasteiger charge is 2.13. The Morgan fingerprint density at radius 3 is 2.76 bits per heavy atom. The molecule has 2 N–H and O–H groups in total. The fourth-order valence-corrected chi connectivity index (χ4v) is 3.08. The fourth-order valence-electron chi connectivity index (χ4n) is 3.08. The highest BCUT2D eigenvalue weighted by atomic mass is 19.1. The van der Waals surface area contributed by atoms with Crippen molar-refractivity contribution in [3.63, 3.8) is 0 Å². The molecule has 1 unspecified atom stereocenters. The number of rotatable bonds is 5. The van der Waals surface area contributed by atoms with Crippen molar-refractivity contribution in [1.82, 2.24) is 19.7 Å². The molecule has 0 saturated heterocycles. The first-order chi connectivity index (χ1) is 13.9. The van der Waals surface area contributed by atoms with E-state index in [1.54, 1.807) is 42.3 Å². The van der Waals surface area contributed by atoms with Crippen molar-refractivity contribution in [1.29, 1.82) is 0 Å². The van der Waals surface area contributed by atoms with Crippen LogP contribution in [0.25, 0.3) is 22.3 Å². The molecule has 0 aliphatic rings. The Kier molecular flexibility index (Phi) is 4.94. The van der Waals surface area contributed by atoms with Crippen LogP contribution < -0.4 is 5.32 Å². The molecule has 0 saturated carbocycles. The molecule has 3 aromatic heterocycles. The van der Waals surface area contributed by atoms with E-state index in [1.807, 2.05) is 6.92 Å². The van der Waals surface area contributed by atoms with E-state index in [-0.39, 0.29) is 5.56 Å². The van der Waals surface area contributed by atoms with Crippen molar-refractivity contribution in [2.24, 2.45) is 0 Å². The maximum absolute atomic E-state index is 14.2. The number of nitrogens with zero attached hydrogens (tertiary/aromatic N) is 4. The van der Waals surface area contributed by atoms with E-state index in [9.17, 15) is 13.9 Å². The van der Waals surface area contributed by atoms with Gasteiger partial charge in [0.1, 0.15) is 22.7 Å². The van der Waals surface area contributed by atoms with Crippen molar-refractivity contribution in [3.8, 4) is 11.3 Å². The number of aliphatic hydroxyl groups excluding tert-OH is 1. The van der Waals surface area contributed by atoms with Gasteiger partial charge in [0.15, 0.2) is 0 Å². The minimum atomic E-state index is -0.545. The predicted octanol–water partition coefficient (Wildman–Crippen LogP) is 4.20. The molecular weight excluding hydrogens is 376 g/mol. The highest BCUT2D eigenvalue weighted by molar-refractivity contribution is 5.89. The van der Waals surface area contributed by atoms with Gasteiger partial charge in [-0.15, -0.1) is 0 Å². The van der Waals surface area contributed by atoms with Gasteiger partial charge in [0.2, 0.25) is 0 Å². The number of aryl methyl sites for hydroxylation is 1. The second kappa shape index (κ2) is 7.56. The first kappa shape index (κ1) is 18.9. The smallest absolute Gasteiger partial charge is 0.134 e. The Bertz CT molecular complexity index is 1190. The average molecular weight is 395 g/mol. The number of hydrogen-bond acceptors (Lipinski definition) is 5. The first-order valence-corrected chi connectivity index (χ1v) is 9.10. The number of benzene rings is 1. The van der Waals surface area contributed by atoms with Gasteiger partial charge in [0.25, 0.3) is 0 Å². The number of pyridine rings is 2. The molecule has 0 fully saturated rings. The predicted molar refractivity (Wildman–Crippen MR) is 107 cm³/mol. The van der Waals surface area contributed by atoms with Crippen LogP contribution in [0.2, 0.25) is 0 Å².